The second kappa shape index (κ2) is 6.18. The maximum absolute atomic E-state index is 14.5. The topological polar surface area (TPSA) is 15.3 Å². The van der Waals surface area contributed by atoms with Crippen LogP contribution >= 0.6 is 23.2 Å². The molecule has 1 aliphatic rings. The van der Waals surface area contributed by atoms with E-state index in [0.717, 1.165) is 26.2 Å². The predicted molar refractivity (Wildman–Crippen MR) is 83.1 cm³/mol. The zero-order valence-electron chi connectivity index (χ0n) is 12.1. The first-order valence-corrected chi connectivity index (χ1v) is 7.66. The van der Waals surface area contributed by atoms with Gasteiger partial charge >= 0.3 is 0 Å². The van der Waals surface area contributed by atoms with E-state index in [0.29, 0.717) is 10.6 Å². The van der Waals surface area contributed by atoms with Crippen LogP contribution in [0.25, 0.3) is 0 Å². The van der Waals surface area contributed by atoms with E-state index >= 15 is 0 Å². The average Bonchev–Trinajstić information content (AvgIpc) is 2.39. The summed E-state index contributed by atoms with van der Waals surface area (Å²) in [5.41, 5.74) is 0.389. The quantitative estimate of drug-likeness (QED) is 0.825. The Kier molecular flexibility index (Phi) is 4.96. The van der Waals surface area contributed by atoms with Gasteiger partial charge in [0.1, 0.15) is 5.82 Å². The van der Waals surface area contributed by atoms with E-state index in [1.165, 1.54) is 6.07 Å². The van der Waals surface area contributed by atoms with Crippen molar-refractivity contribution in [1.82, 2.24) is 10.2 Å². The van der Waals surface area contributed by atoms with Crippen LogP contribution in [0, 0.1) is 11.2 Å². The molecule has 1 aromatic carbocycles. The van der Waals surface area contributed by atoms with E-state index in [1.807, 2.05) is 0 Å². The van der Waals surface area contributed by atoms with Gasteiger partial charge in [0.2, 0.25) is 0 Å². The van der Waals surface area contributed by atoms with Crippen molar-refractivity contribution in [3.05, 3.63) is 33.6 Å². The molecule has 20 heavy (non-hydrogen) atoms. The third-order valence-corrected chi connectivity index (χ3v) is 4.31. The summed E-state index contributed by atoms with van der Waals surface area (Å²) in [6.07, 6.45) is 0. The first-order valence-electron chi connectivity index (χ1n) is 6.90. The number of piperazine rings is 1. The van der Waals surface area contributed by atoms with Crippen molar-refractivity contribution in [2.75, 3.05) is 26.2 Å². The van der Waals surface area contributed by atoms with Crippen LogP contribution in [0.4, 0.5) is 4.39 Å². The van der Waals surface area contributed by atoms with E-state index < -0.39 is 5.82 Å². The van der Waals surface area contributed by atoms with Crippen molar-refractivity contribution in [3.8, 4) is 0 Å². The minimum atomic E-state index is -0.391. The van der Waals surface area contributed by atoms with Crippen LogP contribution in [0.3, 0.4) is 0 Å². The summed E-state index contributed by atoms with van der Waals surface area (Å²) in [6, 6.07) is 3.11. The van der Waals surface area contributed by atoms with Crippen molar-refractivity contribution in [3.63, 3.8) is 0 Å². The Morgan fingerprint density at radius 2 is 1.70 bits per heavy atom. The Morgan fingerprint density at radius 1 is 1.15 bits per heavy atom. The lowest BCUT2D eigenvalue weighted by atomic mass is 9.80. The first kappa shape index (κ1) is 16.0. The highest BCUT2D eigenvalue weighted by atomic mass is 35.5. The fraction of sp³-hybridized carbons (Fsp3) is 0.600. The van der Waals surface area contributed by atoms with Gasteiger partial charge in [0.15, 0.2) is 0 Å². The molecule has 1 atom stereocenters. The molecule has 0 bridgehead atoms. The number of nitrogens with zero attached hydrogens (tertiary/aromatic N) is 1. The van der Waals surface area contributed by atoms with Gasteiger partial charge in [-0.25, -0.2) is 4.39 Å². The Balaban J connectivity index is 2.49. The molecule has 1 aliphatic heterocycles. The molecule has 2 nitrogen and oxygen atoms in total. The first-order chi connectivity index (χ1) is 9.32. The second-order valence-corrected chi connectivity index (χ2v) is 7.13. The van der Waals surface area contributed by atoms with Crippen LogP contribution in [0.15, 0.2) is 12.1 Å². The summed E-state index contributed by atoms with van der Waals surface area (Å²) in [5.74, 6) is -0.391. The highest BCUT2D eigenvalue weighted by Gasteiger charge is 2.36. The molecule has 5 heteroatoms. The van der Waals surface area contributed by atoms with Crippen LogP contribution in [0.5, 0.6) is 0 Å². The van der Waals surface area contributed by atoms with Crippen LogP contribution in [0.1, 0.15) is 32.4 Å². The molecular weight excluding hydrogens is 298 g/mol. The number of rotatable bonds is 2. The summed E-state index contributed by atoms with van der Waals surface area (Å²) in [4.78, 5) is 2.29. The standard InChI is InChI=1S/C15H21Cl2FN2/c1-15(2,3)14(20-8-6-19-7-9-20)12-10(16)4-5-11(17)13(12)18/h4-5,14,19H,6-9H2,1-3H3/t14-/m1/s1. The zero-order chi connectivity index (χ0) is 14.9. The largest absolute Gasteiger partial charge is 0.314 e. The molecule has 0 radical (unpaired) electrons. The lowest BCUT2D eigenvalue weighted by Gasteiger charge is -2.43. The molecule has 0 spiro atoms. The molecule has 0 unspecified atom stereocenters. The van der Waals surface area contributed by atoms with Crippen molar-refractivity contribution < 1.29 is 4.39 Å². The number of nitrogens with one attached hydrogen (secondary N) is 1. The maximum atomic E-state index is 14.5. The van der Waals surface area contributed by atoms with E-state index in [2.05, 4.69) is 31.0 Å². The minimum absolute atomic E-state index is 0.0872. The maximum Gasteiger partial charge on any atom is 0.148 e. The molecule has 1 aromatic rings. The Morgan fingerprint density at radius 3 is 2.25 bits per heavy atom. The van der Waals surface area contributed by atoms with Crippen LogP contribution < -0.4 is 5.32 Å². The summed E-state index contributed by atoms with van der Waals surface area (Å²) >= 11 is 12.2. The molecule has 0 aromatic heterocycles. The van der Waals surface area contributed by atoms with Crippen LogP contribution in [-0.4, -0.2) is 31.1 Å². The summed E-state index contributed by atoms with van der Waals surface area (Å²) in [5, 5.41) is 3.90. The van der Waals surface area contributed by atoms with Crippen molar-refractivity contribution >= 4 is 23.2 Å². The third kappa shape index (κ3) is 3.28. The van der Waals surface area contributed by atoms with Gasteiger partial charge in [-0.3, -0.25) is 4.90 Å². The molecule has 1 heterocycles. The van der Waals surface area contributed by atoms with Crippen LogP contribution in [0.2, 0.25) is 10.0 Å². The van der Waals surface area contributed by atoms with Crippen LogP contribution in [-0.2, 0) is 0 Å². The predicted octanol–water partition coefficient (Wildman–Crippen LogP) is 4.12. The normalized spacial score (nSPS) is 19.1. The molecule has 0 saturated carbocycles. The van der Waals surface area contributed by atoms with Gasteiger partial charge in [-0.05, 0) is 17.5 Å². The number of hydrogen-bond acceptors (Lipinski definition) is 2. The molecule has 0 amide bonds. The third-order valence-electron chi connectivity index (χ3n) is 3.69. The molecule has 1 saturated heterocycles. The van der Waals surface area contributed by atoms with Gasteiger partial charge < -0.3 is 5.32 Å². The van der Waals surface area contributed by atoms with Gasteiger partial charge in [0.05, 0.1) is 5.02 Å². The SMILES string of the molecule is CC(C)(C)[C@@H](c1c(Cl)ccc(Cl)c1F)N1CCNCC1. The smallest absolute Gasteiger partial charge is 0.148 e. The summed E-state index contributed by atoms with van der Waals surface area (Å²) in [6.45, 7) is 9.90. The van der Waals surface area contributed by atoms with E-state index in [1.54, 1.807) is 6.07 Å². The van der Waals surface area contributed by atoms with Gasteiger partial charge in [0, 0.05) is 42.8 Å². The molecule has 2 rings (SSSR count). The lowest BCUT2D eigenvalue weighted by Crippen LogP contribution is -2.48. The van der Waals surface area contributed by atoms with Gasteiger partial charge in [-0.15, -0.1) is 0 Å². The average molecular weight is 319 g/mol. The minimum Gasteiger partial charge on any atom is -0.314 e. The molecular formula is C15H21Cl2FN2. The highest BCUT2D eigenvalue weighted by Crippen LogP contribution is 2.43. The number of benzene rings is 1. The monoisotopic (exact) mass is 318 g/mol. The zero-order valence-corrected chi connectivity index (χ0v) is 13.7. The van der Waals surface area contributed by atoms with Crippen molar-refractivity contribution in [1.29, 1.82) is 0 Å². The lowest BCUT2D eigenvalue weighted by molar-refractivity contribution is 0.0835. The van der Waals surface area contributed by atoms with Gasteiger partial charge in [-0.1, -0.05) is 44.0 Å². The fourth-order valence-electron chi connectivity index (χ4n) is 2.90. The highest BCUT2D eigenvalue weighted by molar-refractivity contribution is 6.33. The molecule has 1 N–H and O–H groups in total. The summed E-state index contributed by atoms with van der Waals surface area (Å²) in [7, 11) is 0. The summed E-state index contributed by atoms with van der Waals surface area (Å²) < 4.78 is 14.5. The number of hydrogen-bond donors (Lipinski definition) is 1. The van der Waals surface area contributed by atoms with Gasteiger partial charge in [0.25, 0.3) is 0 Å². The van der Waals surface area contributed by atoms with E-state index in [-0.39, 0.29) is 16.5 Å². The Bertz CT molecular complexity index is 479. The number of halogens is 3. The van der Waals surface area contributed by atoms with E-state index in [4.69, 9.17) is 23.2 Å². The molecule has 1 fully saturated rings. The van der Waals surface area contributed by atoms with E-state index in [9.17, 15) is 4.39 Å². The molecule has 112 valence electrons. The second-order valence-electron chi connectivity index (χ2n) is 6.31. The van der Waals surface area contributed by atoms with Gasteiger partial charge in [-0.2, -0.15) is 0 Å². The Hall–Kier alpha value is -0.350. The Labute approximate surface area is 130 Å². The fourth-order valence-corrected chi connectivity index (χ4v) is 3.31. The van der Waals surface area contributed by atoms with Crippen molar-refractivity contribution in [2.24, 2.45) is 5.41 Å². The molecule has 0 aliphatic carbocycles. The van der Waals surface area contributed by atoms with Crippen molar-refractivity contribution in [2.45, 2.75) is 26.8 Å².